The molecule has 3 aliphatic heterocycles. The van der Waals surface area contributed by atoms with Crippen LogP contribution in [0.4, 0.5) is 0 Å². The third-order valence-corrected chi connectivity index (χ3v) is 5.91. The Bertz CT molecular complexity index is 581. The van der Waals surface area contributed by atoms with Crippen LogP contribution in [0.5, 0.6) is 0 Å². The van der Waals surface area contributed by atoms with E-state index in [0.29, 0.717) is 26.3 Å². The third kappa shape index (κ3) is 3.21. The molecule has 0 unspecified atom stereocenters. The van der Waals surface area contributed by atoms with Crippen LogP contribution in [0.15, 0.2) is 30.3 Å². The first-order valence-corrected chi connectivity index (χ1v) is 9.45. The van der Waals surface area contributed by atoms with Gasteiger partial charge >= 0.3 is 0 Å². The minimum absolute atomic E-state index is 0.243. The van der Waals surface area contributed by atoms with Crippen molar-refractivity contribution in [1.82, 2.24) is 4.90 Å². The first-order chi connectivity index (χ1) is 12.2. The summed E-state index contributed by atoms with van der Waals surface area (Å²) in [6, 6.07) is 10.2. The molecule has 136 valence electrons. The van der Waals surface area contributed by atoms with E-state index >= 15 is 0 Å². The van der Waals surface area contributed by atoms with Crippen LogP contribution >= 0.6 is 0 Å². The van der Waals surface area contributed by atoms with Crippen LogP contribution in [0.2, 0.25) is 0 Å². The van der Waals surface area contributed by atoms with Gasteiger partial charge in [-0.3, -0.25) is 4.79 Å². The molecule has 25 heavy (non-hydrogen) atoms. The number of nitrogens with zero attached hydrogens (tertiary/aromatic N) is 1. The number of carbonyl (C=O) groups excluding carboxylic acids is 1. The number of piperidine rings is 1. The monoisotopic (exact) mass is 345 g/mol. The summed E-state index contributed by atoms with van der Waals surface area (Å²) < 4.78 is 17.4. The molecular weight excluding hydrogens is 318 g/mol. The smallest absolute Gasteiger partial charge is 0.233 e. The zero-order valence-corrected chi connectivity index (χ0v) is 14.7. The highest BCUT2D eigenvalue weighted by Gasteiger charge is 2.47. The van der Waals surface area contributed by atoms with Crippen molar-refractivity contribution in [3.8, 4) is 0 Å². The second kappa shape index (κ2) is 7.06. The van der Waals surface area contributed by atoms with Gasteiger partial charge in [-0.25, -0.2) is 0 Å². The van der Waals surface area contributed by atoms with Gasteiger partial charge in [-0.2, -0.15) is 0 Å². The zero-order chi connectivity index (χ0) is 17.2. The van der Waals surface area contributed by atoms with Crippen molar-refractivity contribution in [2.24, 2.45) is 0 Å². The molecule has 1 aromatic rings. The second-order valence-corrected chi connectivity index (χ2v) is 7.31. The van der Waals surface area contributed by atoms with Gasteiger partial charge < -0.3 is 19.1 Å². The van der Waals surface area contributed by atoms with Crippen molar-refractivity contribution in [2.45, 2.75) is 43.3 Å². The second-order valence-electron chi connectivity index (χ2n) is 7.31. The number of hydrogen-bond acceptors (Lipinski definition) is 4. The van der Waals surface area contributed by atoms with Crippen LogP contribution in [-0.4, -0.2) is 56.1 Å². The van der Waals surface area contributed by atoms with Gasteiger partial charge in [-0.1, -0.05) is 30.3 Å². The van der Waals surface area contributed by atoms with E-state index in [1.54, 1.807) is 0 Å². The van der Waals surface area contributed by atoms with Crippen molar-refractivity contribution in [2.75, 3.05) is 39.5 Å². The van der Waals surface area contributed by atoms with Crippen LogP contribution < -0.4 is 0 Å². The maximum Gasteiger partial charge on any atom is 0.233 e. The van der Waals surface area contributed by atoms with Crippen molar-refractivity contribution in [1.29, 1.82) is 0 Å². The molecule has 5 nitrogen and oxygen atoms in total. The molecule has 0 aliphatic carbocycles. The van der Waals surface area contributed by atoms with E-state index in [1.165, 1.54) is 0 Å². The summed E-state index contributed by atoms with van der Waals surface area (Å²) in [4.78, 5) is 15.6. The Morgan fingerprint density at radius 3 is 2.16 bits per heavy atom. The topological polar surface area (TPSA) is 48.0 Å². The van der Waals surface area contributed by atoms with E-state index in [4.69, 9.17) is 14.2 Å². The summed E-state index contributed by atoms with van der Waals surface area (Å²) in [5.41, 5.74) is 0.673. The van der Waals surface area contributed by atoms with Crippen LogP contribution in [0.25, 0.3) is 0 Å². The number of ether oxygens (including phenoxy) is 3. The lowest BCUT2D eigenvalue weighted by Gasteiger charge is -2.46. The van der Waals surface area contributed by atoms with E-state index in [0.717, 1.165) is 50.9 Å². The fraction of sp³-hybridized carbons (Fsp3) is 0.650. The van der Waals surface area contributed by atoms with Crippen LogP contribution in [0, 0.1) is 0 Å². The average Bonchev–Trinajstić information content (AvgIpc) is 2.70. The summed E-state index contributed by atoms with van der Waals surface area (Å²) in [5.74, 6) is -0.211. The van der Waals surface area contributed by atoms with Gasteiger partial charge in [0.25, 0.3) is 0 Å². The molecule has 1 aromatic carbocycles. The minimum Gasteiger partial charge on any atom is -0.381 e. The molecule has 0 bridgehead atoms. The third-order valence-electron chi connectivity index (χ3n) is 5.91. The molecule has 1 amide bonds. The minimum atomic E-state index is -0.454. The predicted molar refractivity (Wildman–Crippen MR) is 93.2 cm³/mol. The molecule has 3 saturated heterocycles. The molecule has 0 saturated carbocycles. The molecule has 5 heteroatoms. The molecule has 1 spiro atoms. The number of likely N-dealkylation sites (tertiary alicyclic amines) is 1. The van der Waals surface area contributed by atoms with Crippen molar-refractivity contribution < 1.29 is 19.0 Å². The molecule has 0 atom stereocenters. The number of carbonyl (C=O) groups is 1. The van der Waals surface area contributed by atoms with Crippen molar-refractivity contribution in [3.05, 3.63) is 35.9 Å². The van der Waals surface area contributed by atoms with Gasteiger partial charge in [0.15, 0.2) is 5.79 Å². The molecule has 4 rings (SSSR count). The Balaban J connectivity index is 1.52. The van der Waals surface area contributed by atoms with Crippen molar-refractivity contribution >= 4 is 5.91 Å². The average molecular weight is 345 g/mol. The highest BCUT2D eigenvalue weighted by atomic mass is 16.7. The van der Waals surface area contributed by atoms with Gasteiger partial charge in [0, 0.05) is 39.1 Å². The summed E-state index contributed by atoms with van der Waals surface area (Å²) in [7, 11) is 0. The fourth-order valence-corrected chi connectivity index (χ4v) is 4.36. The maximum atomic E-state index is 13.5. The first kappa shape index (κ1) is 17.0. The van der Waals surface area contributed by atoms with Gasteiger partial charge in [0.2, 0.25) is 5.91 Å². The van der Waals surface area contributed by atoms with E-state index < -0.39 is 11.2 Å². The Hall–Kier alpha value is -1.43. The normalized spacial score (nSPS) is 25.7. The first-order valence-electron chi connectivity index (χ1n) is 9.45. The highest BCUT2D eigenvalue weighted by Crippen LogP contribution is 2.39. The summed E-state index contributed by atoms with van der Waals surface area (Å²) in [6.45, 7) is 4.22. The van der Waals surface area contributed by atoms with Gasteiger partial charge in [-0.05, 0) is 24.8 Å². The van der Waals surface area contributed by atoms with Gasteiger partial charge in [-0.15, -0.1) is 0 Å². The Morgan fingerprint density at radius 1 is 0.880 bits per heavy atom. The van der Waals surface area contributed by atoms with E-state index in [2.05, 4.69) is 12.1 Å². The number of rotatable bonds is 2. The lowest BCUT2D eigenvalue weighted by Crippen LogP contribution is -2.56. The number of amides is 1. The number of hydrogen-bond donors (Lipinski definition) is 0. The zero-order valence-electron chi connectivity index (χ0n) is 14.7. The maximum absolute atomic E-state index is 13.5. The van der Waals surface area contributed by atoms with E-state index in [1.807, 2.05) is 23.1 Å². The molecule has 0 aromatic heterocycles. The Morgan fingerprint density at radius 2 is 1.52 bits per heavy atom. The molecule has 3 aliphatic rings. The SMILES string of the molecule is O=C(N1CCC2(CC1)OCCCO2)C1(c2ccccc2)CCOCC1. The molecule has 0 N–H and O–H groups in total. The highest BCUT2D eigenvalue weighted by molar-refractivity contribution is 5.88. The molecule has 3 heterocycles. The van der Waals surface area contributed by atoms with Crippen LogP contribution in [0.3, 0.4) is 0 Å². The predicted octanol–water partition coefficient (Wildman–Crippen LogP) is 2.49. The van der Waals surface area contributed by atoms with Crippen LogP contribution in [-0.2, 0) is 24.4 Å². The van der Waals surface area contributed by atoms with E-state index in [-0.39, 0.29) is 5.91 Å². The standard InChI is InChI=1S/C20H27NO4/c22-18(21-11-7-20(8-12-21)24-13-4-14-25-20)19(9-15-23-16-10-19)17-5-2-1-3-6-17/h1-3,5-6H,4,7-16H2. The lowest BCUT2D eigenvalue weighted by molar-refractivity contribution is -0.283. The fourth-order valence-electron chi connectivity index (χ4n) is 4.36. The van der Waals surface area contributed by atoms with E-state index in [9.17, 15) is 4.79 Å². The molecule has 0 radical (unpaired) electrons. The van der Waals surface area contributed by atoms with Gasteiger partial charge in [0.05, 0.1) is 18.6 Å². The Labute approximate surface area is 149 Å². The van der Waals surface area contributed by atoms with Gasteiger partial charge in [0.1, 0.15) is 0 Å². The largest absolute Gasteiger partial charge is 0.381 e. The molecular formula is C20H27NO4. The van der Waals surface area contributed by atoms with Crippen molar-refractivity contribution in [3.63, 3.8) is 0 Å². The van der Waals surface area contributed by atoms with Crippen LogP contribution in [0.1, 0.15) is 37.7 Å². The summed E-state index contributed by atoms with van der Waals surface area (Å²) in [6.07, 6.45) is 4.00. The quantitative estimate of drug-likeness (QED) is 0.826. The summed E-state index contributed by atoms with van der Waals surface area (Å²) in [5, 5.41) is 0. The summed E-state index contributed by atoms with van der Waals surface area (Å²) >= 11 is 0. The Kier molecular flexibility index (Phi) is 4.80. The molecule has 3 fully saturated rings. The number of benzene rings is 1. The lowest BCUT2D eigenvalue weighted by atomic mass is 9.72.